The van der Waals surface area contributed by atoms with Gasteiger partial charge in [0.2, 0.25) is 0 Å². The molecular weight excluding hydrogens is 302 g/mol. The molecule has 1 N–H and O–H groups in total. The number of aryl methyl sites for hydroxylation is 2. The number of anilines is 1. The molecular formula is C16H16ClN3S. The molecule has 1 aromatic carbocycles. The van der Waals surface area contributed by atoms with Crippen molar-refractivity contribution in [2.24, 2.45) is 0 Å². The van der Waals surface area contributed by atoms with E-state index in [1.165, 1.54) is 10.4 Å². The quantitative estimate of drug-likeness (QED) is 0.733. The van der Waals surface area contributed by atoms with Gasteiger partial charge >= 0.3 is 0 Å². The minimum atomic E-state index is 0.688. The molecule has 0 unspecified atom stereocenters. The second-order valence-corrected chi connectivity index (χ2v) is 6.63. The van der Waals surface area contributed by atoms with Crippen LogP contribution in [0.4, 0.5) is 5.82 Å². The first-order valence-electron chi connectivity index (χ1n) is 6.87. The first-order chi connectivity index (χ1) is 10.1. The van der Waals surface area contributed by atoms with Gasteiger partial charge in [0.15, 0.2) is 5.82 Å². The standard InChI is InChI=1S/C16H16ClN3S/c1-4-18-15-12-6-5-11(17)8-13(12)19-16(20-15)14-7-9(2)10(3)21-14/h5-8H,4H2,1-3H3,(H,18,19,20). The fraction of sp³-hybridized carbons (Fsp3) is 0.250. The Kier molecular flexibility index (Phi) is 3.83. The molecule has 0 atom stereocenters. The molecule has 2 heterocycles. The van der Waals surface area contributed by atoms with Crippen LogP contribution >= 0.6 is 22.9 Å². The van der Waals surface area contributed by atoms with Crippen LogP contribution in [0.15, 0.2) is 24.3 Å². The molecule has 5 heteroatoms. The van der Waals surface area contributed by atoms with Crippen molar-refractivity contribution in [2.45, 2.75) is 20.8 Å². The first kappa shape index (κ1) is 14.3. The normalized spacial score (nSPS) is 11.0. The summed E-state index contributed by atoms with van der Waals surface area (Å²) in [6.45, 7) is 7.10. The molecule has 3 aromatic rings. The van der Waals surface area contributed by atoms with Crippen molar-refractivity contribution >= 4 is 39.7 Å². The molecule has 0 bridgehead atoms. The van der Waals surface area contributed by atoms with Crippen molar-refractivity contribution in [1.29, 1.82) is 0 Å². The molecule has 0 aliphatic carbocycles. The average molecular weight is 318 g/mol. The predicted octanol–water partition coefficient (Wildman–Crippen LogP) is 5.06. The molecule has 0 aliphatic heterocycles. The molecule has 0 radical (unpaired) electrons. The molecule has 0 spiro atoms. The number of benzene rings is 1. The summed E-state index contributed by atoms with van der Waals surface area (Å²) in [6.07, 6.45) is 0. The van der Waals surface area contributed by atoms with Crippen LogP contribution in [0.2, 0.25) is 5.02 Å². The van der Waals surface area contributed by atoms with E-state index in [2.05, 4.69) is 37.1 Å². The number of rotatable bonds is 3. The maximum absolute atomic E-state index is 6.10. The number of hydrogen-bond donors (Lipinski definition) is 1. The maximum Gasteiger partial charge on any atom is 0.172 e. The van der Waals surface area contributed by atoms with Gasteiger partial charge in [0.25, 0.3) is 0 Å². The van der Waals surface area contributed by atoms with Crippen molar-refractivity contribution in [1.82, 2.24) is 9.97 Å². The van der Waals surface area contributed by atoms with E-state index in [0.717, 1.165) is 34.0 Å². The minimum absolute atomic E-state index is 0.688. The lowest BCUT2D eigenvalue weighted by molar-refractivity contribution is 1.15. The Morgan fingerprint density at radius 1 is 1.19 bits per heavy atom. The van der Waals surface area contributed by atoms with Crippen LogP contribution in [0.1, 0.15) is 17.4 Å². The van der Waals surface area contributed by atoms with Crippen LogP contribution in [0.25, 0.3) is 21.6 Å². The average Bonchev–Trinajstić information content (AvgIpc) is 2.78. The third-order valence-electron chi connectivity index (χ3n) is 3.39. The second kappa shape index (κ2) is 5.62. The van der Waals surface area contributed by atoms with E-state index >= 15 is 0 Å². The summed E-state index contributed by atoms with van der Waals surface area (Å²) in [4.78, 5) is 11.8. The minimum Gasteiger partial charge on any atom is -0.370 e. The van der Waals surface area contributed by atoms with Crippen LogP contribution in [-0.4, -0.2) is 16.5 Å². The molecule has 0 fully saturated rings. The van der Waals surface area contributed by atoms with Gasteiger partial charge in [-0.05, 0) is 50.6 Å². The summed E-state index contributed by atoms with van der Waals surface area (Å²) in [5, 5.41) is 5.00. The van der Waals surface area contributed by atoms with E-state index in [0.29, 0.717) is 5.02 Å². The third kappa shape index (κ3) is 2.74. The van der Waals surface area contributed by atoms with Gasteiger partial charge in [-0.15, -0.1) is 11.3 Å². The Morgan fingerprint density at radius 3 is 2.67 bits per heavy atom. The molecule has 0 aliphatic rings. The highest BCUT2D eigenvalue weighted by atomic mass is 35.5. The Hall–Kier alpha value is -1.65. The molecule has 3 nitrogen and oxygen atoms in total. The number of aromatic nitrogens is 2. The summed E-state index contributed by atoms with van der Waals surface area (Å²) < 4.78 is 0. The van der Waals surface area contributed by atoms with Crippen LogP contribution in [0.3, 0.4) is 0 Å². The SMILES string of the molecule is CCNc1nc(-c2cc(C)c(C)s2)nc2cc(Cl)ccc12. The fourth-order valence-corrected chi connectivity index (χ4v) is 3.33. The van der Waals surface area contributed by atoms with Crippen molar-refractivity contribution in [3.63, 3.8) is 0 Å². The zero-order valence-corrected chi connectivity index (χ0v) is 13.8. The summed E-state index contributed by atoms with van der Waals surface area (Å²) in [6, 6.07) is 7.86. The second-order valence-electron chi connectivity index (χ2n) is 4.94. The highest BCUT2D eigenvalue weighted by Crippen LogP contribution is 2.32. The van der Waals surface area contributed by atoms with E-state index in [1.807, 2.05) is 18.2 Å². The lowest BCUT2D eigenvalue weighted by atomic mass is 10.2. The number of nitrogens with one attached hydrogen (secondary N) is 1. The molecule has 3 rings (SSSR count). The summed E-state index contributed by atoms with van der Waals surface area (Å²) in [5.74, 6) is 1.61. The van der Waals surface area contributed by atoms with Gasteiger partial charge in [-0.3, -0.25) is 0 Å². The van der Waals surface area contributed by atoms with Gasteiger partial charge in [0.1, 0.15) is 5.82 Å². The maximum atomic E-state index is 6.10. The van der Waals surface area contributed by atoms with Gasteiger partial charge in [-0.25, -0.2) is 9.97 Å². The fourth-order valence-electron chi connectivity index (χ4n) is 2.20. The highest BCUT2D eigenvalue weighted by Gasteiger charge is 2.12. The van der Waals surface area contributed by atoms with Crippen molar-refractivity contribution in [3.05, 3.63) is 39.7 Å². The highest BCUT2D eigenvalue weighted by molar-refractivity contribution is 7.15. The predicted molar refractivity (Wildman–Crippen MR) is 91.5 cm³/mol. The van der Waals surface area contributed by atoms with Gasteiger partial charge < -0.3 is 5.32 Å². The van der Waals surface area contributed by atoms with E-state index in [9.17, 15) is 0 Å². The topological polar surface area (TPSA) is 37.8 Å². The number of hydrogen-bond acceptors (Lipinski definition) is 4. The Balaban J connectivity index is 2.23. The zero-order chi connectivity index (χ0) is 15.0. The number of thiophene rings is 1. The summed E-state index contributed by atoms with van der Waals surface area (Å²) >= 11 is 7.82. The largest absolute Gasteiger partial charge is 0.370 e. The monoisotopic (exact) mass is 317 g/mol. The van der Waals surface area contributed by atoms with Gasteiger partial charge in [-0.2, -0.15) is 0 Å². The van der Waals surface area contributed by atoms with E-state index in [4.69, 9.17) is 16.6 Å². The van der Waals surface area contributed by atoms with E-state index in [1.54, 1.807) is 11.3 Å². The van der Waals surface area contributed by atoms with Crippen molar-refractivity contribution in [3.8, 4) is 10.7 Å². The summed E-state index contributed by atoms with van der Waals surface area (Å²) in [7, 11) is 0. The zero-order valence-electron chi connectivity index (χ0n) is 12.2. The Bertz CT molecular complexity index is 791. The van der Waals surface area contributed by atoms with Crippen molar-refractivity contribution in [2.75, 3.05) is 11.9 Å². The molecule has 0 saturated carbocycles. The smallest absolute Gasteiger partial charge is 0.172 e. The van der Waals surface area contributed by atoms with Crippen LogP contribution in [0, 0.1) is 13.8 Å². The Labute approximate surface area is 133 Å². The van der Waals surface area contributed by atoms with Gasteiger partial charge in [-0.1, -0.05) is 11.6 Å². The third-order valence-corrected chi connectivity index (χ3v) is 4.77. The molecule has 2 aromatic heterocycles. The number of halogens is 1. The van der Waals surface area contributed by atoms with E-state index in [-0.39, 0.29) is 0 Å². The lowest BCUT2D eigenvalue weighted by Gasteiger charge is -2.09. The first-order valence-corrected chi connectivity index (χ1v) is 8.06. The number of nitrogens with zero attached hydrogens (tertiary/aromatic N) is 2. The van der Waals surface area contributed by atoms with Crippen LogP contribution < -0.4 is 5.32 Å². The molecule has 0 amide bonds. The Morgan fingerprint density at radius 2 is 2.00 bits per heavy atom. The lowest BCUT2D eigenvalue weighted by Crippen LogP contribution is -2.02. The number of fused-ring (bicyclic) bond motifs is 1. The van der Waals surface area contributed by atoms with Crippen LogP contribution in [0.5, 0.6) is 0 Å². The van der Waals surface area contributed by atoms with Gasteiger partial charge in [0, 0.05) is 21.8 Å². The van der Waals surface area contributed by atoms with E-state index < -0.39 is 0 Å². The molecule has 21 heavy (non-hydrogen) atoms. The molecule has 0 saturated heterocycles. The van der Waals surface area contributed by atoms with Crippen LogP contribution in [-0.2, 0) is 0 Å². The summed E-state index contributed by atoms with van der Waals surface area (Å²) in [5.41, 5.74) is 2.14. The molecule has 108 valence electrons. The van der Waals surface area contributed by atoms with Crippen molar-refractivity contribution < 1.29 is 0 Å². The van der Waals surface area contributed by atoms with Gasteiger partial charge in [0.05, 0.1) is 10.4 Å².